The van der Waals surface area contributed by atoms with Crippen LogP contribution in [0.25, 0.3) is 0 Å². The summed E-state index contributed by atoms with van der Waals surface area (Å²) in [6.07, 6.45) is 4.51. The van der Waals surface area contributed by atoms with Crippen molar-refractivity contribution in [2.24, 2.45) is 0 Å². The molecule has 0 atom stereocenters. The van der Waals surface area contributed by atoms with E-state index in [1.807, 2.05) is 49.5 Å². The molecule has 3 aliphatic rings. The number of halogens is 1. The number of ketones is 2. The first-order valence-corrected chi connectivity index (χ1v) is 12.6. The molecule has 1 aliphatic heterocycles. The van der Waals surface area contributed by atoms with Crippen LogP contribution in [0.5, 0.6) is 11.5 Å². The average molecular weight is 522 g/mol. The quantitative estimate of drug-likeness (QED) is 0.477. The lowest BCUT2D eigenvalue weighted by atomic mass is 9.71. The molecule has 0 saturated carbocycles. The molecule has 34 heavy (non-hydrogen) atoms. The Hall–Kier alpha value is -2.86. The van der Waals surface area contributed by atoms with Crippen LogP contribution in [0.4, 0.5) is 0 Å². The summed E-state index contributed by atoms with van der Waals surface area (Å²) in [5, 5.41) is 0. The Bertz CT molecular complexity index is 1180. The summed E-state index contributed by atoms with van der Waals surface area (Å²) in [6, 6.07) is 13.7. The molecule has 0 N–H and O–H groups in total. The molecule has 1 heterocycles. The first-order valence-electron chi connectivity index (χ1n) is 11.8. The molecule has 2 aliphatic carbocycles. The fourth-order valence-electron chi connectivity index (χ4n) is 5.44. The number of hydrogen-bond donors (Lipinski definition) is 0. The maximum Gasteiger partial charge on any atom is 0.161 e. The summed E-state index contributed by atoms with van der Waals surface area (Å²) in [5.41, 5.74) is 5.65. The van der Waals surface area contributed by atoms with Gasteiger partial charge >= 0.3 is 0 Å². The highest BCUT2D eigenvalue weighted by Gasteiger charge is 2.42. The third-order valence-electron chi connectivity index (χ3n) is 7.11. The summed E-state index contributed by atoms with van der Waals surface area (Å²) in [6.45, 7) is 0.396. The van der Waals surface area contributed by atoms with Gasteiger partial charge in [0.25, 0.3) is 0 Å². The molecule has 0 spiro atoms. The minimum Gasteiger partial charge on any atom is -0.493 e. The normalized spacial score (nSPS) is 18.7. The van der Waals surface area contributed by atoms with Gasteiger partial charge in [-0.2, -0.15) is 0 Å². The number of methoxy groups -OCH3 is 1. The van der Waals surface area contributed by atoms with Gasteiger partial charge in [0.05, 0.1) is 7.11 Å². The van der Waals surface area contributed by atoms with Gasteiger partial charge in [0.15, 0.2) is 23.1 Å². The zero-order chi connectivity index (χ0) is 23.8. The van der Waals surface area contributed by atoms with E-state index in [9.17, 15) is 9.59 Å². The topological polar surface area (TPSA) is 55.8 Å². The van der Waals surface area contributed by atoms with Gasteiger partial charge in [-0.25, -0.2) is 0 Å². The van der Waals surface area contributed by atoms with Crippen molar-refractivity contribution in [2.45, 2.75) is 51.0 Å². The molecule has 0 fully saturated rings. The Kier molecular flexibility index (Phi) is 6.34. The van der Waals surface area contributed by atoms with Gasteiger partial charge in [0.2, 0.25) is 0 Å². The van der Waals surface area contributed by atoms with Crippen LogP contribution in [0.2, 0.25) is 0 Å². The SMILES string of the molecule is COc1cc(C2C3=C(CCCC3=O)N(C)C3=C2C(=O)CCC3)ccc1OCc1ccccc1Br. The highest BCUT2D eigenvalue weighted by atomic mass is 79.9. The van der Waals surface area contributed by atoms with E-state index in [0.29, 0.717) is 30.9 Å². The first-order chi connectivity index (χ1) is 16.5. The monoisotopic (exact) mass is 521 g/mol. The highest BCUT2D eigenvalue weighted by molar-refractivity contribution is 9.10. The minimum atomic E-state index is -0.340. The van der Waals surface area contributed by atoms with E-state index in [1.165, 1.54) is 0 Å². The standard InChI is InChI=1S/C28H28BrNO4/c1-30-20-9-5-11-22(31)27(20)26(28-21(30)10-6-12-23(28)32)17-13-14-24(25(15-17)33-2)34-16-18-7-3-4-8-19(18)29/h3-4,7-8,13-15,26H,5-6,9-12,16H2,1-2H3. The molecule has 176 valence electrons. The number of Topliss-reactive ketones (excluding diaryl/α,β-unsaturated/α-hetero) is 2. The minimum absolute atomic E-state index is 0.149. The van der Waals surface area contributed by atoms with Crippen molar-refractivity contribution >= 4 is 27.5 Å². The molecular weight excluding hydrogens is 494 g/mol. The Morgan fingerprint density at radius 1 is 0.912 bits per heavy atom. The van der Waals surface area contributed by atoms with Gasteiger partial charge in [0, 0.05) is 58.4 Å². The molecule has 0 radical (unpaired) electrons. The smallest absolute Gasteiger partial charge is 0.161 e. The van der Waals surface area contributed by atoms with Crippen molar-refractivity contribution in [3.05, 3.63) is 80.6 Å². The van der Waals surface area contributed by atoms with Crippen LogP contribution in [0, 0.1) is 0 Å². The van der Waals surface area contributed by atoms with Crippen molar-refractivity contribution in [1.29, 1.82) is 0 Å². The zero-order valence-corrected chi connectivity index (χ0v) is 21.1. The van der Waals surface area contributed by atoms with Crippen molar-refractivity contribution in [3.8, 4) is 11.5 Å². The van der Waals surface area contributed by atoms with E-state index in [0.717, 1.165) is 63.8 Å². The first kappa shape index (κ1) is 22.9. The summed E-state index contributed by atoms with van der Waals surface area (Å²) in [4.78, 5) is 28.5. The molecule has 6 heteroatoms. The third kappa shape index (κ3) is 3.98. The number of carbonyl (C=O) groups is 2. The largest absolute Gasteiger partial charge is 0.493 e. The van der Waals surface area contributed by atoms with Gasteiger partial charge in [-0.1, -0.05) is 40.2 Å². The number of allylic oxidation sites excluding steroid dienone is 4. The summed E-state index contributed by atoms with van der Waals surface area (Å²) in [5.74, 6) is 1.18. The molecule has 2 aromatic carbocycles. The van der Waals surface area contributed by atoms with Crippen molar-refractivity contribution in [2.75, 3.05) is 14.2 Å². The predicted octanol–water partition coefficient (Wildman–Crippen LogP) is 6.08. The maximum atomic E-state index is 13.2. The fraction of sp³-hybridized carbons (Fsp3) is 0.357. The van der Waals surface area contributed by atoms with Crippen LogP contribution in [-0.4, -0.2) is 30.6 Å². The van der Waals surface area contributed by atoms with E-state index in [4.69, 9.17) is 9.47 Å². The van der Waals surface area contributed by atoms with Crippen LogP contribution in [0.15, 0.2) is 69.5 Å². The van der Waals surface area contributed by atoms with E-state index in [2.05, 4.69) is 20.8 Å². The molecule has 5 rings (SSSR count). The number of rotatable bonds is 5. The Morgan fingerprint density at radius 2 is 1.56 bits per heavy atom. The Labute approximate surface area is 208 Å². The molecule has 0 aromatic heterocycles. The zero-order valence-electron chi connectivity index (χ0n) is 19.5. The van der Waals surface area contributed by atoms with Crippen LogP contribution >= 0.6 is 15.9 Å². The van der Waals surface area contributed by atoms with Crippen LogP contribution in [0.3, 0.4) is 0 Å². The van der Waals surface area contributed by atoms with Crippen LogP contribution in [0.1, 0.15) is 55.6 Å². The average Bonchev–Trinajstić information content (AvgIpc) is 2.85. The number of ether oxygens (including phenoxy) is 2. The second-order valence-corrected chi connectivity index (χ2v) is 9.91. The van der Waals surface area contributed by atoms with Crippen LogP contribution < -0.4 is 9.47 Å². The number of hydrogen-bond acceptors (Lipinski definition) is 5. The lowest BCUT2D eigenvalue weighted by Crippen LogP contribution is -2.37. The summed E-state index contributed by atoms with van der Waals surface area (Å²) >= 11 is 3.56. The maximum absolute atomic E-state index is 13.2. The number of carbonyl (C=O) groups excluding carboxylic acids is 2. The molecule has 5 nitrogen and oxygen atoms in total. The van der Waals surface area contributed by atoms with Crippen molar-refractivity contribution in [1.82, 2.24) is 4.90 Å². The van der Waals surface area contributed by atoms with E-state index >= 15 is 0 Å². The number of nitrogens with zero attached hydrogens (tertiary/aromatic N) is 1. The van der Waals surface area contributed by atoms with Crippen molar-refractivity contribution < 1.29 is 19.1 Å². The van der Waals surface area contributed by atoms with Gasteiger partial charge < -0.3 is 14.4 Å². The second kappa shape index (κ2) is 9.41. The second-order valence-electron chi connectivity index (χ2n) is 9.06. The predicted molar refractivity (Wildman–Crippen MR) is 134 cm³/mol. The number of benzene rings is 2. The fourth-order valence-corrected chi connectivity index (χ4v) is 5.84. The highest BCUT2D eigenvalue weighted by Crippen LogP contribution is 2.49. The summed E-state index contributed by atoms with van der Waals surface area (Å²) in [7, 11) is 3.63. The van der Waals surface area contributed by atoms with E-state index in [1.54, 1.807) is 7.11 Å². The van der Waals surface area contributed by atoms with Gasteiger partial charge in [0.1, 0.15) is 6.61 Å². The van der Waals surface area contributed by atoms with Gasteiger partial charge in [-0.05, 0) is 49.4 Å². The lowest BCUT2D eigenvalue weighted by Gasteiger charge is -2.42. The van der Waals surface area contributed by atoms with E-state index in [-0.39, 0.29) is 17.5 Å². The van der Waals surface area contributed by atoms with Gasteiger partial charge in [-0.3, -0.25) is 9.59 Å². The molecule has 0 unspecified atom stereocenters. The van der Waals surface area contributed by atoms with E-state index < -0.39 is 0 Å². The molecule has 0 saturated heterocycles. The van der Waals surface area contributed by atoms with Gasteiger partial charge in [-0.15, -0.1) is 0 Å². The van der Waals surface area contributed by atoms with Crippen molar-refractivity contribution in [3.63, 3.8) is 0 Å². The Balaban J connectivity index is 1.55. The third-order valence-corrected chi connectivity index (χ3v) is 7.88. The molecular formula is C28H28BrNO4. The molecule has 0 amide bonds. The summed E-state index contributed by atoms with van der Waals surface area (Å²) < 4.78 is 12.8. The molecule has 2 aromatic rings. The molecule has 0 bridgehead atoms. The van der Waals surface area contributed by atoms with Crippen LogP contribution in [-0.2, 0) is 16.2 Å². The Morgan fingerprint density at radius 3 is 2.18 bits per heavy atom. The lowest BCUT2D eigenvalue weighted by molar-refractivity contribution is -0.117.